The largest absolute Gasteiger partial charge is 0.375 e. The van der Waals surface area contributed by atoms with Gasteiger partial charge in [0.15, 0.2) is 0 Å². The zero-order valence-corrected chi connectivity index (χ0v) is 11.4. The fourth-order valence-electron chi connectivity index (χ4n) is 2.72. The number of carbonyl (C=O) groups is 1. The first kappa shape index (κ1) is 13.1. The molecular weight excluding hydrogens is 242 g/mol. The van der Waals surface area contributed by atoms with Gasteiger partial charge in [-0.1, -0.05) is 0 Å². The summed E-state index contributed by atoms with van der Waals surface area (Å²) in [5.41, 5.74) is -0.334. The molecule has 2 rings (SSSR count). The highest BCUT2D eigenvalue weighted by atomic mass is 35.5. The van der Waals surface area contributed by atoms with E-state index in [1.54, 1.807) is 6.92 Å². The molecule has 0 aliphatic carbocycles. The second-order valence-corrected chi connectivity index (χ2v) is 5.75. The van der Waals surface area contributed by atoms with E-state index < -0.39 is 5.38 Å². The molecule has 2 aliphatic heterocycles. The Morgan fingerprint density at radius 3 is 2.76 bits per heavy atom. The predicted octanol–water partition coefficient (Wildman–Crippen LogP) is 1.41. The molecule has 0 aromatic rings. The minimum Gasteiger partial charge on any atom is -0.375 e. The highest BCUT2D eigenvalue weighted by Gasteiger charge is 2.48. The summed E-state index contributed by atoms with van der Waals surface area (Å²) in [5.74, 6) is -0.0136. The number of carbonyl (C=O) groups excluding carboxylic acids is 1. The van der Waals surface area contributed by atoms with Crippen LogP contribution < -0.4 is 0 Å². The van der Waals surface area contributed by atoms with Gasteiger partial charge in [-0.05, 0) is 20.8 Å². The van der Waals surface area contributed by atoms with E-state index in [2.05, 4.69) is 0 Å². The number of morpholine rings is 1. The van der Waals surface area contributed by atoms with Crippen LogP contribution in [0.15, 0.2) is 0 Å². The summed E-state index contributed by atoms with van der Waals surface area (Å²) in [6.45, 7) is 7.62. The van der Waals surface area contributed by atoms with E-state index in [1.165, 1.54) is 0 Å². The fourth-order valence-corrected chi connectivity index (χ4v) is 2.86. The zero-order chi connectivity index (χ0) is 12.6. The van der Waals surface area contributed by atoms with Crippen LogP contribution in [0.5, 0.6) is 0 Å². The molecule has 1 amide bonds. The fraction of sp³-hybridized carbons (Fsp3) is 0.917. The van der Waals surface area contributed by atoms with Crippen molar-refractivity contribution in [3.8, 4) is 0 Å². The van der Waals surface area contributed by atoms with Crippen molar-refractivity contribution < 1.29 is 14.3 Å². The average molecular weight is 262 g/mol. The van der Waals surface area contributed by atoms with Gasteiger partial charge < -0.3 is 14.4 Å². The van der Waals surface area contributed by atoms with Crippen molar-refractivity contribution in [2.75, 3.05) is 19.7 Å². The van der Waals surface area contributed by atoms with E-state index in [0.717, 1.165) is 6.42 Å². The van der Waals surface area contributed by atoms with Gasteiger partial charge in [0.1, 0.15) is 11.0 Å². The van der Waals surface area contributed by atoms with Crippen LogP contribution >= 0.6 is 11.6 Å². The van der Waals surface area contributed by atoms with Gasteiger partial charge >= 0.3 is 0 Å². The van der Waals surface area contributed by atoms with E-state index in [-0.39, 0.29) is 23.7 Å². The minimum absolute atomic E-state index is 0.0136. The van der Waals surface area contributed by atoms with Crippen LogP contribution in [0.25, 0.3) is 0 Å². The standard InChI is InChI=1S/C12H20ClNO3/c1-8-6-14(11(15)9(2)13)7-12(17-8)4-5-16-10(12)3/h8-10H,4-7H2,1-3H3. The monoisotopic (exact) mass is 261 g/mol. The summed E-state index contributed by atoms with van der Waals surface area (Å²) in [4.78, 5) is 13.8. The summed E-state index contributed by atoms with van der Waals surface area (Å²) >= 11 is 5.88. The molecule has 2 fully saturated rings. The molecule has 2 aliphatic rings. The molecule has 0 aromatic heterocycles. The molecule has 2 saturated heterocycles. The third kappa shape index (κ3) is 2.44. The number of amides is 1. The number of rotatable bonds is 1. The molecule has 1 spiro atoms. The van der Waals surface area contributed by atoms with E-state index in [0.29, 0.717) is 19.7 Å². The van der Waals surface area contributed by atoms with Crippen molar-refractivity contribution in [1.29, 1.82) is 0 Å². The SMILES string of the molecule is CC1CN(C(=O)C(C)Cl)CC2(CCOC2C)O1. The van der Waals surface area contributed by atoms with Gasteiger partial charge in [0.05, 0.1) is 18.8 Å². The van der Waals surface area contributed by atoms with Crippen LogP contribution in [0.1, 0.15) is 27.2 Å². The molecule has 4 nitrogen and oxygen atoms in total. The van der Waals surface area contributed by atoms with Crippen molar-refractivity contribution in [3.05, 3.63) is 0 Å². The quantitative estimate of drug-likeness (QED) is 0.670. The van der Waals surface area contributed by atoms with Crippen LogP contribution in [0.4, 0.5) is 0 Å². The second-order valence-electron chi connectivity index (χ2n) is 5.09. The van der Waals surface area contributed by atoms with E-state index in [1.807, 2.05) is 18.7 Å². The molecule has 4 atom stereocenters. The Hall–Kier alpha value is -0.320. The first-order valence-corrected chi connectivity index (χ1v) is 6.60. The average Bonchev–Trinajstić information content (AvgIpc) is 2.57. The first-order valence-electron chi connectivity index (χ1n) is 6.17. The Labute approximate surface area is 107 Å². The van der Waals surface area contributed by atoms with Crippen LogP contribution in [-0.2, 0) is 14.3 Å². The lowest BCUT2D eigenvalue weighted by molar-refractivity contribution is -0.178. The van der Waals surface area contributed by atoms with E-state index >= 15 is 0 Å². The normalized spacial score (nSPS) is 39.6. The Morgan fingerprint density at radius 1 is 1.53 bits per heavy atom. The maximum absolute atomic E-state index is 12.0. The molecule has 5 heteroatoms. The van der Waals surface area contributed by atoms with Crippen molar-refractivity contribution in [2.24, 2.45) is 0 Å². The Balaban J connectivity index is 2.14. The topological polar surface area (TPSA) is 38.8 Å². The number of alkyl halides is 1. The van der Waals surface area contributed by atoms with Crippen LogP contribution in [0.3, 0.4) is 0 Å². The summed E-state index contributed by atoms with van der Waals surface area (Å²) in [6.07, 6.45) is 0.914. The second kappa shape index (κ2) is 4.75. The lowest BCUT2D eigenvalue weighted by Gasteiger charge is -2.45. The lowest BCUT2D eigenvalue weighted by Crippen LogP contribution is -2.60. The predicted molar refractivity (Wildman–Crippen MR) is 65.2 cm³/mol. The Kier molecular flexibility index (Phi) is 3.66. The molecule has 98 valence electrons. The van der Waals surface area contributed by atoms with Crippen molar-refractivity contribution >= 4 is 17.5 Å². The summed E-state index contributed by atoms with van der Waals surface area (Å²) in [6, 6.07) is 0. The molecule has 4 unspecified atom stereocenters. The van der Waals surface area contributed by atoms with Crippen LogP contribution in [0.2, 0.25) is 0 Å². The van der Waals surface area contributed by atoms with Crippen LogP contribution in [-0.4, -0.2) is 53.7 Å². The molecule has 0 bridgehead atoms. The highest BCUT2D eigenvalue weighted by molar-refractivity contribution is 6.30. The zero-order valence-electron chi connectivity index (χ0n) is 10.6. The number of hydrogen-bond acceptors (Lipinski definition) is 3. The molecule has 0 aromatic carbocycles. The smallest absolute Gasteiger partial charge is 0.240 e. The van der Waals surface area contributed by atoms with Gasteiger partial charge in [-0.3, -0.25) is 4.79 Å². The van der Waals surface area contributed by atoms with Gasteiger partial charge in [-0.15, -0.1) is 11.6 Å². The Morgan fingerprint density at radius 2 is 2.24 bits per heavy atom. The first-order chi connectivity index (χ1) is 7.94. The maximum Gasteiger partial charge on any atom is 0.240 e. The van der Waals surface area contributed by atoms with Gasteiger partial charge in [0.2, 0.25) is 5.91 Å². The van der Waals surface area contributed by atoms with Gasteiger partial charge in [-0.25, -0.2) is 0 Å². The van der Waals surface area contributed by atoms with E-state index in [9.17, 15) is 4.79 Å². The minimum atomic E-state index is -0.477. The van der Waals surface area contributed by atoms with Gasteiger partial charge in [0, 0.05) is 19.6 Å². The highest BCUT2D eigenvalue weighted by Crippen LogP contribution is 2.35. The molecular formula is C12H20ClNO3. The Bertz CT molecular complexity index is 310. The van der Waals surface area contributed by atoms with Gasteiger partial charge in [0.25, 0.3) is 0 Å². The third-order valence-electron chi connectivity index (χ3n) is 3.66. The van der Waals surface area contributed by atoms with Crippen molar-refractivity contribution in [2.45, 2.75) is 50.4 Å². The van der Waals surface area contributed by atoms with Gasteiger partial charge in [-0.2, -0.15) is 0 Å². The number of nitrogens with zero attached hydrogens (tertiary/aromatic N) is 1. The third-order valence-corrected chi connectivity index (χ3v) is 3.84. The molecule has 17 heavy (non-hydrogen) atoms. The molecule has 0 N–H and O–H groups in total. The lowest BCUT2D eigenvalue weighted by atomic mass is 9.93. The van der Waals surface area contributed by atoms with Crippen molar-refractivity contribution in [1.82, 2.24) is 4.90 Å². The summed E-state index contributed by atoms with van der Waals surface area (Å²) in [5, 5.41) is -0.477. The maximum atomic E-state index is 12.0. The number of ether oxygens (including phenoxy) is 2. The number of hydrogen-bond donors (Lipinski definition) is 0. The van der Waals surface area contributed by atoms with E-state index in [4.69, 9.17) is 21.1 Å². The molecule has 0 radical (unpaired) electrons. The molecule has 2 heterocycles. The molecule has 0 saturated carbocycles. The summed E-state index contributed by atoms with van der Waals surface area (Å²) in [7, 11) is 0. The number of halogens is 1. The van der Waals surface area contributed by atoms with Crippen LogP contribution in [0, 0.1) is 0 Å². The van der Waals surface area contributed by atoms with Crippen molar-refractivity contribution in [3.63, 3.8) is 0 Å². The summed E-state index contributed by atoms with van der Waals surface area (Å²) < 4.78 is 11.6.